The average Bonchev–Trinajstić information content (AvgIpc) is 2.32. The van der Waals surface area contributed by atoms with Crippen molar-refractivity contribution in [2.24, 2.45) is 0 Å². The van der Waals surface area contributed by atoms with Crippen LogP contribution in [0.3, 0.4) is 0 Å². The van der Waals surface area contributed by atoms with Gasteiger partial charge in [-0.3, -0.25) is 4.79 Å². The van der Waals surface area contributed by atoms with Crippen molar-refractivity contribution >= 4 is 21.9 Å². The molecule has 0 aliphatic carbocycles. The van der Waals surface area contributed by atoms with Gasteiger partial charge in [-0.2, -0.15) is 0 Å². The molecule has 0 aliphatic rings. The molecule has 0 saturated heterocycles. The summed E-state index contributed by atoms with van der Waals surface area (Å²) in [6, 6.07) is 14.4. The molecule has 0 aromatic heterocycles. The minimum atomic E-state index is -0.351. The van der Waals surface area contributed by atoms with Crippen molar-refractivity contribution < 1.29 is 14.3 Å². The fourth-order valence-electron chi connectivity index (χ4n) is 1.41. The molecule has 0 saturated carbocycles. The van der Waals surface area contributed by atoms with Crippen LogP contribution >= 0.6 is 15.9 Å². The molecule has 0 spiro atoms. The highest BCUT2D eigenvalue weighted by molar-refractivity contribution is 9.10. The lowest BCUT2D eigenvalue weighted by atomic mass is 10.3. The topological polar surface area (TPSA) is 35.5 Å². The van der Waals surface area contributed by atoms with Crippen LogP contribution in [-0.4, -0.2) is 5.97 Å². The Morgan fingerprint density at radius 1 is 1.00 bits per heavy atom. The fourth-order valence-corrected chi connectivity index (χ4v) is 1.67. The highest BCUT2D eigenvalue weighted by Gasteiger charge is 2.02. The van der Waals surface area contributed by atoms with E-state index in [0.717, 1.165) is 10.2 Å². The first-order chi connectivity index (χ1) is 8.63. The Bertz CT molecular complexity index is 549. The number of hydrogen-bond acceptors (Lipinski definition) is 3. The zero-order valence-electron chi connectivity index (χ0n) is 9.72. The van der Waals surface area contributed by atoms with Crippen molar-refractivity contribution in [1.29, 1.82) is 0 Å². The van der Waals surface area contributed by atoms with Crippen molar-refractivity contribution in [1.82, 2.24) is 0 Å². The van der Waals surface area contributed by atoms with Crippen molar-refractivity contribution in [3.05, 3.63) is 53.0 Å². The second kappa shape index (κ2) is 5.69. The maximum absolute atomic E-state index is 10.9. The zero-order valence-corrected chi connectivity index (χ0v) is 11.3. The van der Waals surface area contributed by atoms with E-state index in [1.165, 1.54) is 6.92 Å². The van der Waals surface area contributed by atoms with Gasteiger partial charge in [-0.25, -0.2) is 0 Å². The summed E-state index contributed by atoms with van der Waals surface area (Å²) in [5.41, 5.74) is 0. The molecule has 0 amide bonds. The molecule has 92 valence electrons. The smallest absolute Gasteiger partial charge is 0.308 e. The summed E-state index contributed by atoms with van der Waals surface area (Å²) in [7, 11) is 0. The summed E-state index contributed by atoms with van der Waals surface area (Å²) >= 11 is 3.36. The van der Waals surface area contributed by atoms with Crippen LogP contribution in [0.15, 0.2) is 53.0 Å². The number of carbonyl (C=O) groups excluding carboxylic acids is 1. The van der Waals surface area contributed by atoms with Gasteiger partial charge >= 0.3 is 5.97 Å². The molecule has 0 heterocycles. The number of carbonyl (C=O) groups is 1. The van der Waals surface area contributed by atoms with Gasteiger partial charge in [0.25, 0.3) is 0 Å². The van der Waals surface area contributed by atoms with Gasteiger partial charge in [-0.15, -0.1) is 0 Å². The molecule has 0 bridgehead atoms. The molecule has 4 heteroatoms. The number of ether oxygens (including phenoxy) is 2. The van der Waals surface area contributed by atoms with Crippen molar-refractivity contribution in [2.45, 2.75) is 6.92 Å². The van der Waals surface area contributed by atoms with Gasteiger partial charge < -0.3 is 9.47 Å². The van der Waals surface area contributed by atoms with Gasteiger partial charge in [0.2, 0.25) is 0 Å². The Kier molecular flexibility index (Phi) is 3.99. The van der Waals surface area contributed by atoms with Gasteiger partial charge in [0.1, 0.15) is 17.2 Å². The Morgan fingerprint density at radius 3 is 2.33 bits per heavy atom. The first kappa shape index (κ1) is 12.6. The molecule has 0 aliphatic heterocycles. The summed E-state index contributed by atoms with van der Waals surface area (Å²) in [6.07, 6.45) is 0. The largest absolute Gasteiger partial charge is 0.457 e. The van der Waals surface area contributed by atoms with Crippen LogP contribution in [-0.2, 0) is 4.79 Å². The van der Waals surface area contributed by atoms with E-state index in [-0.39, 0.29) is 5.97 Å². The minimum absolute atomic E-state index is 0.351. The second-order valence-corrected chi connectivity index (χ2v) is 4.54. The molecular weight excluding hydrogens is 296 g/mol. The molecule has 0 fully saturated rings. The van der Waals surface area contributed by atoms with Crippen LogP contribution in [0.25, 0.3) is 0 Å². The monoisotopic (exact) mass is 306 g/mol. The van der Waals surface area contributed by atoms with E-state index in [1.54, 1.807) is 24.3 Å². The number of hydrogen-bond donors (Lipinski definition) is 0. The maximum Gasteiger partial charge on any atom is 0.308 e. The summed E-state index contributed by atoms with van der Waals surface area (Å²) in [6.45, 7) is 1.36. The normalized spacial score (nSPS) is 9.89. The molecule has 0 atom stereocenters. The van der Waals surface area contributed by atoms with Crippen LogP contribution in [0.2, 0.25) is 0 Å². The van der Waals surface area contributed by atoms with Crippen LogP contribution < -0.4 is 9.47 Å². The van der Waals surface area contributed by atoms with E-state index in [2.05, 4.69) is 15.9 Å². The number of halogens is 1. The molecule has 0 N–H and O–H groups in total. The van der Waals surface area contributed by atoms with Crippen LogP contribution in [0, 0.1) is 0 Å². The number of esters is 1. The van der Waals surface area contributed by atoms with Crippen LogP contribution in [0.5, 0.6) is 17.2 Å². The SMILES string of the molecule is CC(=O)Oc1cccc(Oc2ccc(Br)cc2)c1. The lowest BCUT2D eigenvalue weighted by Gasteiger charge is -2.07. The van der Waals surface area contributed by atoms with Crippen LogP contribution in [0.1, 0.15) is 6.92 Å². The predicted octanol–water partition coefficient (Wildman–Crippen LogP) is 4.17. The first-order valence-corrected chi connectivity index (χ1v) is 6.15. The van der Waals surface area contributed by atoms with Gasteiger partial charge in [0.15, 0.2) is 0 Å². The maximum atomic E-state index is 10.9. The third kappa shape index (κ3) is 3.60. The van der Waals surface area contributed by atoms with E-state index in [0.29, 0.717) is 11.5 Å². The number of rotatable bonds is 3. The van der Waals surface area contributed by atoms with Gasteiger partial charge in [-0.1, -0.05) is 22.0 Å². The standard InChI is InChI=1S/C14H11BrO3/c1-10(16)17-13-3-2-4-14(9-13)18-12-7-5-11(15)6-8-12/h2-9H,1H3. The van der Waals surface area contributed by atoms with Gasteiger partial charge in [0, 0.05) is 17.5 Å². The molecule has 2 aromatic rings. The minimum Gasteiger partial charge on any atom is -0.457 e. The van der Waals surface area contributed by atoms with E-state index < -0.39 is 0 Å². The molecule has 2 aromatic carbocycles. The first-order valence-electron chi connectivity index (χ1n) is 5.35. The molecule has 3 nitrogen and oxygen atoms in total. The highest BCUT2D eigenvalue weighted by atomic mass is 79.9. The van der Waals surface area contributed by atoms with E-state index in [9.17, 15) is 4.79 Å². The molecule has 2 rings (SSSR count). The van der Waals surface area contributed by atoms with E-state index in [1.807, 2.05) is 24.3 Å². The molecular formula is C14H11BrO3. The molecule has 18 heavy (non-hydrogen) atoms. The lowest BCUT2D eigenvalue weighted by Crippen LogP contribution is -2.01. The molecule has 0 unspecified atom stereocenters. The third-order valence-corrected chi connectivity index (χ3v) is 2.65. The summed E-state index contributed by atoms with van der Waals surface area (Å²) < 4.78 is 11.6. The average molecular weight is 307 g/mol. The Hall–Kier alpha value is -1.81. The second-order valence-electron chi connectivity index (χ2n) is 3.62. The molecule has 0 radical (unpaired) electrons. The summed E-state index contributed by atoms with van der Waals surface area (Å²) in [4.78, 5) is 10.9. The van der Waals surface area contributed by atoms with E-state index in [4.69, 9.17) is 9.47 Å². The quantitative estimate of drug-likeness (QED) is 0.631. The van der Waals surface area contributed by atoms with Crippen molar-refractivity contribution in [3.8, 4) is 17.2 Å². The van der Waals surface area contributed by atoms with Gasteiger partial charge in [-0.05, 0) is 36.4 Å². The Labute approximate surface area is 113 Å². The Balaban J connectivity index is 2.13. The third-order valence-electron chi connectivity index (χ3n) is 2.12. The fraction of sp³-hybridized carbons (Fsp3) is 0.0714. The van der Waals surface area contributed by atoms with E-state index >= 15 is 0 Å². The summed E-state index contributed by atoms with van der Waals surface area (Å²) in [5, 5.41) is 0. The highest BCUT2D eigenvalue weighted by Crippen LogP contribution is 2.26. The lowest BCUT2D eigenvalue weighted by molar-refractivity contribution is -0.131. The zero-order chi connectivity index (χ0) is 13.0. The van der Waals surface area contributed by atoms with Crippen molar-refractivity contribution in [3.63, 3.8) is 0 Å². The van der Waals surface area contributed by atoms with Gasteiger partial charge in [0.05, 0.1) is 0 Å². The number of benzene rings is 2. The summed E-state index contributed by atoms with van der Waals surface area (Å²) in [5.74, 6) is 1.46. The predicted molar refractivity (Wildman–Crippen MR) is 72.0 cm³/mol. The Morgan fingerprint density at radius 2 is 1.67 bits per heavy atom. The van der Waals surface area contributed by atoms with Crippen LogP contribution in [0.4, 0.5) is 0 Å². The van der Waals surface area contributed by atoms with Crippen molar-refractivity contribution in [2.75, 3.05) is 0 Å².